The fourth-order valence-electron chi connectivity index (χ4n) is 2.14. The molecule has 2 aromatic heterocycles. The van der Waals surface area contributed by atoms with Crippen molar-refractivity contribution in [3.05, 3.63) is 52.8 Å². The van der Waals surface area contributed by atoms with Gasteiger partial charge in [-0.3, -0.25) is 0 Å². The van der Waals surface area contributed by atoms with E-state index in [9.17, 15) is 17.6 Å². The Balaban J connectivity index is 2.06. The number of rotatable bonds is 4. The van der Waals surface area contributed by atoms with Crippen molar-refractivity contribution in [1.82, 2.24) is 19.7 Å². The van der Waals surface area contributed by atoms with Crippen LogP contribution >= 0.6 is 23.4 Å². The average Bonchev–Trinajstić information content (AvgIpc) is 2.99. The summed E-state index contributed by atoms with van der Waals surface area (Å²) in [5, 5.41) is 8.40. The first kappa shape index (κ1) is 17.7. The molecule has 0 saturated heterocycles. The Morgan fingerprint density at radius 3 is 2.36 bits per heavy atom. The first-order valence-electron chi connectivity index (χ1n) is 6.99. The van der Waals surface area contributed by atoms with Crippen LogP contribution in [0, 0.1) is 23.5 Å². The molecule has 4 nitrogen and oxygen atoms in total. The van der Waals surface area contributed by atoms with Crippen LogP contribution in [0.15, 0.2) is 34.3 Å². The van der Waals surface area contributed by atoms with Gasteiger partial charge >= 0.3 is 0 Å². The molecule has 0 aliphatic carbocycles. The smallest absolute Gasteiger partial charge is 0.252 e. The highest BCUT2D eigenvalue weighted by Gasteiger charge is 2.24. The molecule has 0 fully saturated rings. The van der Waals surface area contributed by atoms with Crippen LogP contribution in [0.3, 0.4) is 0 Å². The van der Waals surface area contributed by atoms with E-state index in [0.717, 1.165) is 0 Å². The van der Waals surface area contributed by atoms with Gasteiger partial charge < -0.3 is 4.57 Å². The maximum atomic E-state index is 13.8. The predicted octanol–water partition coefficient (Wildman–Crippen LogP) is 4.72. The molecule has 0 radical (unpaired) electrons. The van der Waals surface area contributed by atoms with Crippen molar-refractivity contribution >= 4 is 23.4 Å². The molecule has 2 heterocycles. The first-order valence-corrected chi connectivity index (χ1v) is 8.18. The number of halogens is 5. The molecule has 0 amide bonds. The SMILES string of the molecule is CCn1c(Sc2c(F)c(F)nc(F)c2F)nnc1-c1cccc(Cl)c1. The summed E-state index contributed by atoms with van der Waals surface area (Å²) in [5.41, 5.74) is 0.640. The van der Waals surface area contributed by atoms with Crippen LogP contribution in [-0.2, 0) is 6.54 Å². The van der Waals surface area contributed by atoms with Crippen LogP contribution in [0.25, 0.3) is 11.4 Å². The lowest BCUT2D eigenvalue weighted by atomic mass is 10.2. The van der Waals surface area contributed by atoms with Crippen LogP contribution in [0.2, 0.25) is 5.02 Å². The standard InChI is InChI=1S/C15H9ClF4N4S/c1-2-24-14(7-4-3-5-8(16)6-7)22-23-15(24)25-11-9(17)12(19)21-13(20)10(11)18/h3-6H,2H2,1H3. The second-order valence-electron chi connectivity index (χ2n) is 4.81. The monoisotopic (exact) mass is 388 g/mol. The molecule has 25 heavy (non-hydrogen) atoms. The lowest BCUT2D eigenvalue weighted by Gasteiger charge is -2.09. The Morgan fingerprint density at radius 2 is 1.76 bits per heavy atom. The van der Waals surface area contributed by atoms with Crippen molar-refractivity contribution in [2.45, 2.75) is 23.5 Å². The fourth-order valence-corrected chi connectivity index (χ4v) is 3.27. The minimum Gasteiger partial charge on any atom is -0.302 e. The van der Waals surface area contributed by atoms with Gasteiger partial charge in [0, 0.05) is 17.1 Å². The molecule has 0 saturated carbocycles. The number of aromatic nitrogens is 4. The van der Waals surface area contributed by atoms with E-state index in [2.05, 4.69) is 15.2 Å². The van der Waals surface area contributed by atoms with Gasteiger partial charge in [-0.1, -0.05) is 23.7 Å². The number of nitrogens with zero attached hydrogens (tertiary/aromatic N) is 4. The fraction of sp³-hybridized carbons (Fsp3) is 0.133. The minimum absolute atomic E-state index is 0.0697. The molecule has 3 aromatic rings. The summed E-state index contributed by atoms with van der Waals surface area (Å²) in [5.74, 6) is -6.21. The third-order valence-corrected chi connectivity index (χ3v) is 4.55. The Kier molecular flexibility index (Phi) is 4.96. The highest BCUT2D eigenvalue weighted by molar-refractivity contribution is 7.99. The van der Waals surface area contributed by atoms with Gasteiger partial charge in [-0.25, -0.2) is 8.78 Å². The van der Waals surface area contributed by atoms with Gasteiger partial charge in [-0.2, -0.15) is 13.8 Å². The Hall–Kier alpha value is -2.13. The van der Waals surface area contributed by atoms with E-state index in [4.69, 9.17) is 11.6 Å². The molecule has 1 aromatic carbocycles. The minimum atomic E-state index is -1.72. The van der Waals surface area contributed by atoms with Crippen LogP contribution in [0.1, 0.15) is 6.92 Å². The number of hydrogen-bond acceptors (Lipinski definition) is 4. The Labute approximate surface area is 148 Å². The molecule has 10 heteroatoms. The molecular weight excluding hydrogens is 380 g/mol. The number of benzene rings is 1. The normalized spacial score (nSPS) is 11.1. The lowest BCUT2D eigenvalue weighted by molar-refractivity contribution is 0.383. The number of hydrogen-bond donors (Lipinski definition) is 0. The second kappa shape index (κ2) is 7.01. The summed E-state index contributed by atoms with van der Waals surface area (Å²) in [7, 11) is 0. The summed E-state index contributed by atoms with van der Waals surface area (Å²) in [4.78, 5) is 1.66. The topological polar surface area (TPSA) is 43.6 Å². The summed E-state index contributed by atoms with van der Waals surface area (Å²) in [6.07, 6.45) is 0. The van der Waals surface area contributed by atoms with E-state index in [1.807, 2.05) is 0 Å². The zero-order valence-electron chi connectivity index (χ0n) is 12.6. The highest BCUT2D eigenvalue weighted by Crippen LogP contribution is 2.34. The van der Waals surface area contributed by atoms with Gasteiger partial charge in [0.25, 0.3) is 11.9 Å². The van der Waals surface area contributed by atoms with Gasteiger partial charge in [-0.15, -0.1) is 10.2 Å². The van der Waals surface area contributed by atoms with Crippen molar-refractivity contribution in [1.29, 1.82) is 0 Å². The van der Waals surface area contributed by atoms with Crippen LogP contribution < -0.4 is 0 Å². The molecule has 3 rings (SSSR count). The van der Waals surface area contributed by atoms with Crippen molar-refractivity contribution in [2.75, 3.05) is 0 Å². The maximum absolute atomic E-state index is 13.8. The Bertz CT molecular complexity index is 921. The molecule has 0 aliphatic rings. The largest absolute Gasteiger partial charge is 0.302 e. The number of pyridine rings is 1. The van der Waals surface area contributed by atoms with Gasteiger partial charge in [-0.05, 0) is 30.8 Å². The van der Waals surface area contributed by atoms with E-state index in [1.54, 1.807) is 35.8 Å². The van der Waals surface area contributed by atoms with Crippen molar-refractivity contribution in [3.63, 3.8) is 0 Å². The van der Waals surface area contributed by atoms with Crippen LogP contribution in [-0.4, -0.2) is 19.7 Å². The lowest BCUT2D eigenvalue weighted by Crippen LogP contribution is -2.04. The molecular formula is C15H9ClF4N4S. The van der Waals surface area contributed by atoms with Gasteiger partial charge in [0.1, 0.15) is 0 Å². The molecule has 0 spiro atoms. The second-order valence-corrected chi connectivity index (χ2v) is 6.23. The molecule has 0 bridgehead atoms. The third kappa shape index (κ3) is 3.34. The summed E-state index contributed by atoms with van der Waals surface area (Å²) in [6.45, 7) is 2.12. The summed E-state index contributed by atoms with van der Waals surface area (Å²) < 4.78 is 55.7. The van der Waals surface area contributed by atoms with Gasteiger partial charge in [0.2, 0.25) is 0 Å². The summed E-state index contributed by atoms with van der Waals surface area (Å²) in [6, 6.07) is 6.79. The molecule has 0 aliphatic heterocycles. The van der Waals surface area contributed by atoms with E-state index in [-0.39, 0.29) is 5.16 Å². The van der Waals surface area contributed by atoms with Crippen molar-refractivity contribution in [3.8, 4) is 11.4 Å². The average molecular weight is 389 g/mol. The maximum Gasteiger partial charge on any atom is 0.252 e. The van der Waals surface area contributed by atoms with E-state index in [0.29, 0.717) is 34.7 Å². The van der Waals surface area contributed by atoms with Gasteiger partial charge in [0.15, 0.2) is 22.6 Å². The van der Waals surface area contributed by atoms with Gasteiger partial charge in [0.05, 0.1) is 4.90 Å². The third-order valence-electron chi connectivity index (χ3n) is 3.27. The zero-order chi connectivity index (χ0) is 18.1. The van der Waals surface area contributed by atoms with Crippen molar-refractivity contribution < 1.29 is 17.6 Å². The van der Waals surface area contributed by atoms with Crippen LogP contribution in [0.5, 0.6) is 0 Å². The van der Waals surface area contributed by atoms with E-state index < -0.39 is 28.4 Å². The molecule has 0 N–H and O–H groups in total. The van der Waals surface area contributed by atoms with Crippen LogP contribution in [0.4, 0.5) is 17.6 Å². The highest BCUT2D eigenvalue weighted by atomic mass is 35.5. The quantitative estimate of drug-likeness (QED) is 0.479. The van der Waals surface area contributed by atoms with E-state index >= 15 is 0 Å². The zero-order valence-corrected chi connectivity index (χ0v) is 14.2. The van der Waals surface area contributed by atoms with E-state index in [1.165, 1.54) is 0 Å². The predicted molar refractivity (Wildman–Crippen MR) is 84.3 cm³/mol. The molecule has 0 atom stereocenters. The first-order chi connectivity index (χ1) is 11.9. The van der Waals surface area contributed by atoms with Crippen molar-refractivity contribution in [2.24, 2.45) is 0 Å². The summed E-state index contributed by atoms with van der Waals surface area (Å²) >= 11 is 6.38. The molecule has 0 unspecified atom stereocenters. The molecule has 130 valence electrons. The Morgan fingerprint density at radius 1 is 1.08 bits per heavy atom.